The molecule has 128 valence electrons. The van der Waals surface area contributed by atoms with Gasteiger partial charge in [0.2, 0.25) is 0 Å². The highest BCUT2D eigenvalue weighted by Crippen LogP contribution is 2.31. The topological polar surface area (TPSA) is 62.9 Å². The van der Waals surface area contributed by atoms with Crippen LogP contribution >= 0.6 is 35.6 Å². The quantitative estimate of drug-likeness (QED) is 0.411. The summed E-state index contributed by atoms with van der Waals surface area (Å²) in [5.74, 6) is 1.71. The van der Waals surface area contributed by atoms with Crippen LogP contribution in [0.5, 0.6) is 5.75 Å². The maximum absolute atomic E-state index is 6.09. The average Bonchev–Trinajstić information content (AvgIpc) is 3.24. The number of ether oxygens (including phenoxy) is 1. The summed E-state index contributed by atoms with van der Waals surface area (Å²) in [4.78, 5) is 7.06. The molecule has 3 rings (SSSR count). The van der Waals surface area contributed by atoms with Crippen molar-refractivity contribution in [1.29, 1.82) is 0 Å². The second kappa shape index (κ2) is 8.39. The van der Waals surface area contributed by atoms with E-state index in [0.717, 1.165) is 24.8 Å². The third kappa shape index (κ3) is 5.12. The van der Waals surface area contributed by atoms with Crippen LogP contribution in [-0.2, 0) is 0 Å². The zero-order valence-electron chi connectivity index (χ0n) is 13.3. The summed E-state index contributed by atoms with van der Waals surface area (Å²) in [5, 5.41) is 3.63. The fourth-order valence-corrected chi connectivity index (χ4v) is 3.20. The summed E-state index contributed by atoms with van der Waals surface area (Å²) < 4.78 is 5.13. The van der Waals surface area contributed by atoms with Gasteiger partial charge >= 0.3 is 0 Å². The number of anilines is 1. The Labute approximate surface area is 159 Å². The van der Waals surface area contributed by atoms with Gasteiger partial charge in [-0.2, -0.15) is 0 Å². The minimum Gasteiger partial charge on any atom is -0.495 e. The molecule has 1 atom stereocenters. The minimum absolute atomic E-state index is 0. The predicted octanol–water partition coefficient (Wildman–Crippen LogP) is 3.18. The number of nitrogens with zero attached hydrogens (tertiary/aromatic N) is 2. The van der Waals surface area contributed by atoms with Crippen molar-refractivity contribution in [3.63, 3.8) is 0 Å². The average molecular weight is 451 g/mol. The van der Waals surface area contributed by atoms with Crippen LogP contribution in [0.3, 0.4) is 0 Å². The Morgan fingerprint density at radius 1 is 1.43 bits per heavy atom. The lowest BCUT2D eigenvalue weighted by molar-refractivity contribution is 0.315. The Morgan fingerprint density at radius 2 is 2.22 bits per heavy atom. The van der Waals surface area contributed by atoms with Gasteiger partial charge in [0, 0.05) is 24.8 Å². The van der Waals surface area contributed by atoms with E-state index >= 15 is 0 Å². The molecular formula is C16H24ClIN4O. The van der Waals surface area contributed by atoms with Gasteiger partial charge in [0.1, 0.15) is 5.75 Å². The first-order chi connectivity index (χ1) is 10.7. The lowest BCUT2D eigenvalue weighted by Gasteiger charge is -2.14. The fourth-order valence-electron chi connectivity index (χ4n) is 2.94. The van der Waals surface area contributed by atoms with Crippen molar-refractivity contribution in [3.8, 4) is 5.75 Å². The molecule has 1 aromatic rings. The molecule has 23 heavy (non-hydrogen) atoms. The number of rotatable bonds is 5. The summed E-state index contributed by atoms with van der Waals surface area (Å²) in [6.07, 6.45) is 3.97. The number of hydrogen-bond acceptors (Lipinski definition) is 3. The van der Waals surface area contributed by atoms with Gasteiger partial charge in [-0.25, -0.2) is 0 Å². The zero-order valence-corrected chi connectivity index (χ0v) is 16.4. The highest BCUT2D eigenvalue weighted by molar-refractivity contribution is 14.0. The molecule has 1 unspecified atom stereocenters. The van der Waals surface area contributed by atoms with Gasteiger partial charge in [0.05, 0.1) is 12.1 Å². The lowest BCUT2D eigenvalue weighted by Crippen LogP contribution is -2.25. The second-order valence-corrected chi connectivity index (χ2v) is 6.49. The van der Waals surface area contributed by atoms with Gasteiger partial charge in [0.15, 0.2) is 5.96 Å². The van der Waals surface area contributed by atoms with Crippen LogP contribution in [0, 0.1) is 5.92 Å². The summed E-state index contributed by atoms with van der Waals surface area (Å²) in [5.41, 5.74) is 6.78. The summed E-state index contributed by atoms with van der Waals surface area (Å²) >= 11 is 6.09. The van der Waals surface area contributed by atoms with Crippen molar-refractivity contribution in [2.75, 3.05) is 32.1 Å². The highest BCUT2D eigenvalue weighted by atomic mass is 127. The number of likely N-dealkylation sites (tertiary alicyclic amines) is 1. The Balaban J connectivity index is 0.00000192. The number of guanidine groups is 1. The van der Waals surface area contributed by atoms with E-state index in [-0.39, 0.29) is 24.0 Å². The number of hydrogen-bond donors (Lipinski definition) is 2. The third-order valence-corrected chi connectivity index (χ3v) is 4.62. The summed E-state index contributed by atoms with van der Waals surface area (Å²) in [6, 6.07) is 6.32. The van der Waals surface area contributed by atoms with Crippen LogP contribution in [0.1, 0.15) is 19.3 Å². The minimum atomic E-state index is 0. The Kier molecular flexibility index (Phi) is 6.79. The van der Waals surface area contributed by atoms with Gasteiger partial charge in [-0.15, -0.1) is 24.0 Å². The van der Waals surface area contributed by atoms with E-state index in [1.54, 1.807) is 13.2 Å². The predicted molar refractivity (Wildman–Crippen MR) is 106 cm³/mol. The SMILES string of the molecule is COc1ccc(NC(N)=NCC2CCN(C3CC3)C2)cc1Cl.I. The molecule has 2 fully saturated rings. The van der Waals surface area contributed by atoms with Crippen molar-refractivity contribution in [3.05, 3.63) is 23.2 Å². The number of nitrogens with two attached hydrogens (primary N) is 1. The molecule has 1 saturated carbocycles. The molecule has 0 amide bonds. The van der Waals surface area contributed by atoms with E-state index in [4.69, 9.17) is 22.1 Å². The van der Waals surface area contributed by atoms with Crippen LogP contribution in [0.4, 0.5) is 5.69 Å². The normalized spacial score (nSPS) is 21.8. The molecule has 0 aromatic heterocycles. The first-order valence-electron chi connectivity index (χ1n) is 7.80. The lowest BCUT2D eigenvalue weighted by atomic mass is 10.1. The molecule has 1 aliphatic carbocycles. The van der Waals surface area contributed by atoms with Gasteiger partial charge < -0.3 is 20.7 Å². The van der Waals surface area contributed by atoms with Crippen LogP contribution < -0.4 is 15.8 Å². The smallest absolute Gasteiger partial charge is 0.193 e. The van der Waals surface area contributed by atoms with Crippen LogP contribution in [-0.4, -0.2) is 43.6 Å². The van der Waals surface area contributed by atoms with E-state index in [1.165, 1.54) is 25.8 Å². The molecular weight excluding hydrogens is 427 g/mol. The van der Waals surface area contributed by atoms with Crippen molar-refractivity contribution in [2.45, 2.75) is 25.3 Å². The van der Waals surface area contributed by atoms with E-state index in [0.29, 0.717) is 22.6 Å². The van der Waals surface area contributed by atoms with E-state index in [2.05, 4.69) is 15.2 Å². The molecule has 0 spiro atoms. The Morgan fingerprint density at radius 3 is 2.87 bits per heavy atom. The molecule has 0 radical (unpaired) electrons. The number of methoxy groups -OCH3 is 1. The Hall–Kier alpha value is -0.730. The monoisotopic (exact) mass is 450 g/mol. The van der Waals surface area contributed by atoms with E-state index < -0.39 is 0 Å². The Bertz CT molecular complexity index is 565. The maximum Gasteiger partial charge on any atom is 0.193 e. The fraction of sp³-hybridized carbons (Fsp3) is 0.562. The molecule has 1 saturated heterocycles. The van der Waals surface area contributed by atoms with Gasteiger partial charge in [0.25, 0.3) is 0 Å². The number of benzene rings is 1. The molecule has 2 aliphatic rings. The molecule has 1 heterocycles. The maximum atomic E-state index is 6.09. The molecule has 0 bridgehead atoms. The van der Waals surface area contributed by atoms with E-state index in [1.807, 2.05) is 12.1 Å². The summed E-state index contributed by atoms with van der Waals surface area (Å²) in [6.45, 7) is 3.16. The van der Waals surface area contributed by atoms with Crippen LogP contribution in [0.2, 0.25) is 5.02 Å². The third-order valence-electron chi connectivity index (χ3n) is 4.32. The van der Waals surface area contributed by atoms with Gasteiger partial charge in [-0.05, 0) is 49.9 Å². The van der Waals surface area contributed by atoms with Gasteiger partial charge in [-0.3, -0.25) is 4.99 Å². The van der Waals surface area contributed by atoms with Gasteiger partial charge in [-0.1, -0.05) is 11.6 Å². The first kappa shape index (κ1) is 18.6. The standard InChI is InChI=1S/C16H23ClN4O.HI/c1-22-15-5-2-12(8-14(15)17)20-16(18)19-9-11-6-7-21(10-11)13-3-4-13;/h2,5,8,11,13H,3-4,6-7,9-10H2,1H3,(H3,18,19,20);1H. The number of aliphatic imine (C=N–C) groups is 1. The zero-order chi connectivity index (χ0) is 15.5. The summed E-state index contributed by atoms with van der Waals surface area (Å²) in [7, 11) is 1.59. The molecule has 3 N–H and O–H groups in total. The highest BCUT2D eigenvalue weighted by Gasteiger charge is 2.34. The van der Waals surface area contributed by atoms with E-state index in [9.17, 15) is 0 Å². The van der Waals surface area contributed by atoms with Crippen LogP contribution in [0.25, 0.3) is 0 Å². The second-order valence-electron chi connectivity index (χ2n) is 6.08. The first-order valence-corrected chi connectivity index (χ1v) is 8.18. The molecule has 1 aliphatic heterocycles. The van der Waals surface area contributed by atoms with Crippen molar-refractivity contribution < 1.29 is 4.74 Å². The molecule has 5 nitrogen and oxygen atoms in total. The van der Waals surface area contributed by atoms with Crippen molar-refractivity contribution in [1.82, 2.24) is 4.90 Å². The van der Waals surface area contributed by atoms with Crippen molar-refractivity contribution in [2.24, 2.45) is 16.6 Å². The number of halogens is 2. The number of nitrogens with one attached hydrogen (secondary N) is 1. The molecule has 1 aromatic carbocycles. The van der Waals surface area contributed by atoms with Crippen molar-refractivity contribution >= 4 is 47.2 Å². The van der Waals surface area contributed by atoms with Crippen LogP contribution in [0.15, 0.2) is 23.2 Å². The molecule has 7 heteroatoms. The largest absolute Gasteiger partial charge is 0.495 e.